The number of methoxy groups -OCH3 is 1. The molecule has 0 fully saturated rings. The Morgan fingerprint density at radius 1 is 1.12 bits per heavy atom. The van der Waals surface area contributed by atoms with Crippen LogP contribution in [0.3, 0.4) is 0 Å². The van der Waals surface area contributed by atoms with Gasteiger partial charge < -0.3 is 14.3 Å². The Balaban J connectivity index is 2.11. The Kier molecular flexibility index (Phi) is 7.82. The molecule has 0 aliphatic heterocycles. The fraction of sp³-hybridized carbons (Fsp3) is 0.524. The molecule has 0 spiro atoms. The fourth-order valence-corrected chi connectivity index (χ4v) is 3.05. The molecule has 0 unspecified atom stereocenters. The van der Waals surface area contributed by atoms with Gasteiger partial charge in [-0.15, -0.1) is 0 Å². The van der Waals surface area contributed by atoms with Gasteiger partial charge in [0, 0.05) is 32.4 Å². The maximum Gasteiger partial charge on any atom is 0.135 e. The molecule has 0 bridgehead atoms. The molecule has 4 nitrogen and oxygen atoms in total. The predicted octanol–water partition coefficient (Wildman–Crippen LogP) is 4.47. The normalized spacial score (nSPS) is 12.1. The van der Waals surface area contributed by atoms with Crippen LogP contribution in [0.25, 0.3) is 0 Å². The first-order valence-electron chi connectivity index (χ1n) is 9.28. The maximum absolute atomic E-state index is 14.0. The van der Waals surface area contributed by atoms with E-state index in [0.717, 1.165) is 18.7 Å². The van der Waals surface area contributed by atoms with Crippen LogP contribution in [0.5, 0.6) is 0 Å². The molecular weight excluding hydrogens is 333 g/mol. The average molecular weight is 363 g/mol. The monoisotopic (exact) mass is 363 g/mol. The van der Waals surface area contributed by atoms with Crippen LogP contribution >= 0.6 is 0 Å². The van der Waals surface area contributed by atoms with Crippen molar-refractivity contribution in [2.45, 2.75) is 51.8 Å². The predicted molar refractivity (Wildman–Crippen MR) is 100 cm³/mol. The first-order valence-corrected chi connectivity index (χ1v) is 9.28. The average Bonchev–Trinajstić information content (AvgIpc) is 3.12. The van der Waals surface area contributed by atoms with Crippen molar-refractivity contribution in [2.75, 3.05) is 20.3 Å². The summed E-state index contributed by atoms with van der Waals surface area (Å²) < 4.78 is 25.1. The number of hydrogen-bond acceptors (Lipinski definition) is 4. The zero-order chi connectivity index (χ0) is 19.0. The summed E-state index contributed by atoms with van der Waals surface area (Å²) in [5.41, 5.74) is -0.264. The maximum atomic E-state index is 14.0. The Morgan fingerprint density at radius 3 is 2.50 bits per heavy atom. The molecule has 144 valence electrons. The summed E-state index contributed by atoms with van der Waals surface area (Å²) in [5.74, 6) is 1.17. The van der Waals surface area contributed by atoms with Crippen LogP contribution in [0, 0.1) is 5.82 Å². The first kappa shape index (κ1) is 20.6. The highest BCUT2D eigenvalue weighted by molar-refractivity contribution is 5.18. The second-order valence-corrected chi connectivity index (χ2v) is 6.65. The molecule has 0 radical (unpaired) electrons. The number of aliphatic hydroxyl groups is 1. The zero-order valence-corrected chi connectivity index (χ0v) is 16.0. The number of halogens is 1. The number of nitrogens with zero attached hydrogens (tertiary/aromatic N) is 1. The van der Waals surface area contributed by atoms with Gasteiger partial charge in [0.1, 0.15) is 22.9 Å². The number of benzene rings is 1. The van der Waals surface area contributed by atoms with Gasteiger partial charge in [-0.2, -0.15) is 0 Å². The standard InChI is InChI=1S/C21H30FNO3/c1-4-21(24,5-2)20-12-11-18(26-20)16-23(13-8-14-25-3)15-17-9-6-7-10-19(17)22/h6-7,9-12,24H,4-5,8,13-16H2,1-3H3. The van der Waals surface area contributed by atoms with Crippen molar-refractivity contribution >= 4 is 0 Å². The summed E-state index contributed by atoms with van der Waals surface area (Å²) in [5, 5.41) is 10.6. The lowest BCUT2D eigenvalue weighted by Crippen LogP contribution is -2.25. The summed E-state index contributed by atoms with van der Waals surface area (Å²) >= 11 is 0. The van der Waals surface area contributed by atoms with Crippen molar-refractivity contribution in [1.82, 2.24) is 4.90 Å². The van der Waals surface area contributed by atoms with E-state index in [4.69, 9.17) is 9.15 Å². The van der Waals surface area contributed by atoms with Gasteiger partial charge in [0.05, 0.1) is 6.54 Å². The third kappa shape index (κ3) is 5.40. The van der Waals surface area contributed by atoms with Gasteiger partial charge in [0.15, 0.2) is 0 Å². The van der Waals surface area contributed by atoms with Crippen LogP contribution in [0.4, 0.5) is 4.39 Å². The van der Waals surface area contributed by atoms with Crippen LogP contribution < -0.4 is 0 Å². The Labute approximate surface area is 155 Å². The van der Waals surface area contributed by atoms with Crippen molar-refractivity contribution in [3.05, 3.63) is 59.3 Å². The van der Waals surface area contributed by atoms with E-state index in [1.807, 2.05) is 32.0 Å². The van der Waals surface area contributed by atoms with E-state index in [1.165, 1.54) is 6.07 Å². The number of ether oxygens (including phenoxy) is 1. The third-order valence-electron chi connectivity index (χ3n) is 4.84. The molecule has 0 atom stereocenters. The molecule has 0 aliphatic carbocycles. The van der Waals surface area contributed by atoms with Crippen LogP contribution in [-0.4, -0.2) is 30.3 Å². The van der Waals surface area contributed by atoms with E-state index < -0.39 is 5.60 Å². The van der Waals surface area contributed by atoms with E-state index in [9.17, 15) is 9.50 Å². The summed E-state index contributed by atoms with van der Waals surface area (Å²) in [6.07, 6.45) is 2.05. The van der Waals surface area contributed by atoms with Gasteiger partial charge in [-0.25, -0.2) is 4.39 Å². The summed E-state index contributed by atoms with van der Waals surface area (Å²) in [4.78, 5) is 2.14. The molecular formula is C21H30FNO3. The van der Waals surface area contributed by atoms with Crippen LogP contribution in [0.2, 0.25) is 0 Å². The van der Waals surface area contributed by atoms with Gasteiger partial charge in [-0.3, -0.25) is 4.90 Å². The molecule has 2 rings (SSSR count). The second kappa shape index (κ2) is 9.86. The Morgan fingerprint density at radius 2 is 1.85 bits per heavy atom. The molecule has 0 saturated heterocycles. The summed E-state index contributed by atoms with van der Waals surface area (Å²) in [7, 11) is 1.68. The molecule has 0 amide bonds. The van der Waals surface area contributed by atoms with Gasteiger partial charge in [0.2, 0.25) is 0 Å². The SMILES string of the molecule is CCC(O)(CC)c1ccc(CN(CCCOC)Cc2ccccc2F)o1. The van der Waals surface area contributed by atoms with Gasteiger partial charge in [-0.05, 0) is 37.5 Å². The van der Waals surface area contributed by atoms with E-state index in [0.29, 0.717) is 43.9 Å². The molecule has 1 N–H and O–H groups in total. The number of hydrogen-bond donors (Lipinski definition) is 1. The van der Waals surface area contributed by atoms with Gasteiger partial charge >= 0.3 is 0 Å². The smallest absolute Gasteiger partial charge is 0.135 e. The number of furan rings is 1. The molecule has 0 aliphatic rings. The summed E-state index contributed by atoms with van der Waals surface area (Å²) in [6.45, 7) is 6.37. The largest absolute Gasteiger partial charge is 0.462 e. The van der Waals surface area contributed by atoms with E-state index in [1.54, 1.807) is 19.2 Å². The van der Waals surface area contributed by atoms with Crippen molar-refractivity contribution < 1.29 is 18.7 Å². The minimum absolute atomic E-state index is 0.198. The Hall–Kier alpha value is -1.69. The van der Waals surface area contributed by atoms with Gasteiger partial charge in [-0.1, -0.05) is 32.0 Å². The first-order chi connectivity index (χ1) is 12.5. The molecule has 1 heterocycles. The summed E-state index contributed by atoms with van der Waals surface area (Å²) in [6, 6.07) is 10.6. The lowest BCUT2D eigenvalue weighted by Gasteiger charge is -2.23. The molecule has 5 heteroatoms. The fourth-order valence-electron chi connectivity index (χ4n) is 3.05. The highest BCUT2D eigenvalue weighted by atomic mass is 19.1. The van der Waals surface area contributed by atoms with Crippen molar-refractivity contribution in [1.29, 1.82) is 0 Å². The van der Waals surface area contributed by atoms with Crippen LogP contribution in [0.15, 0.2) is 40.8 Å². The van der Waals surface area contributed by atoms with Crippen molar-refractivity contribution in [2.24, 2.45) is 0 Å². The third-order valence-corrected chi connectivity index (χ3v) is 4.84. The quantitative estimate of drug-likeness (QED) is 0.599. The molecule has 0 saturated carbocycles. The van der Waals surface area contributed by atoms with Crippen molar-refractivity contribution in [3.63, 3.8) is 0 Å². The molecule has 26 heavy (non-hydrogen) atoms. The molecule has 2 aromatic rings. The van der Waals surface area contributed by atoms with E-state index in [2.05, 4.69) is 4.90 Å². The van der Waals surface area contributed by atoms with Crippen molar-refractivity contribution in [3.8, 4) is 0 Å². The minimum atomic E-state index is -0.926. The second-order valence-electron chi connectivity index (χ2n) is 6.65. The van der Waals surface area contributed by atoms with E-state index >= 15 is 0 Å². The molecule has 1 aromatic heterocycles. The van der Waals surface area contributed by atoms with Gasteiger partial charge in [0.25, 0.3) is 0 Å². The Bertz CT molecular complexity index is 667. The number of rotatable bonds is 11. The highest BCUT2D eigenvalue weighted by Crippen LogP contribution is 2.30. The minimum Gasteiger partial charge on any atom is -0.462 e. The highest BCUT2D eigenvalue weighted by Gasteiger charge is 2.28. The molecule has 1 aromatic carbocycles. The topological polar surface area (TPSA) is 45.8 Å². The zero-order valence-electron chi connectivity index (χ0n) is 16.0. The lowest BCUT2D eigenvalue weighted by molar-refractivity contribution is 0.00515. The lowest BCUT2D eigenvalue weighted by atomic mass is 9.95. The van der Waals surface area contributed by atoms with Crippen LogP contribution in [0.1, 0.15) is 50.2 Å². The van der Waals surface area contributed by atoms with Crippen LogP contribution in [-0.2, 0) is 23.4 Å². The van der Waals surface area contributed by atoms with E-state index in [-0.39, 0.29) is 5.82 Å².